The normalized spacial score (nSPS) is 23.1. The zero-order valence-electron chi connectivity index (χ0n) is 23.9. The lowest BCUT2D eigenvalue weighted by atomic mass is 10.1. The van der Waals surface area contributed by atoms with Gasteiger partial charge in [-0.3, -0.25) is 9.89 Å². The minimum absolute atomic E-state index is 0.108. The molecule has 1 aromatic rings. The third kappa shape index (κ3) is 9.10. The summed E-state index contributed by atoms with van der Waals surface area (Å²) in [5.74, 6) is -0.108. The number of anilines is 1. The third-order valence-electron chi connectivity index (χ3n) is 7.79. The summed E-state index contributed by atoms with van der Waals surface area (Å²) < 4.78 is 20.0. The number of unbranched alkanes of at least 4 members (excludes halogenated alkanes) is 4. The molecule has 3 rings (SSSR count). The molecular weight excluding hydrogens is 463 g/mol. The van der Waals surface area contributed by atoms with Gasteiger partial charge in [-0.05, 0) is 76.5 Å². The van der Waals surface area contributed by atoms with Gasteiger partial charge in [0.05, 0.1) is 12.2 Å². The number of ether oxygens (including phenoxy) is 1. The molecule has 2 atom stereocenters. The van der Waals surface area contributed by atoms with Crippen LogP contribution in [0.2, 0.25) is 0 Å². The first-order valence-electron chi connectivity index (χ1n) is 14.8. The quantitative estimate of drug-likeness (QED) is 0.283. The molecule has 1 aliphatic heterocycles. The maximum absolute atomic E-state index is 14.0. The van der Waals surface area contributed by atoms with Gasteiger partial charge in [-0.1, -0.05) is 39.2 Å². The summed E-state index contributed by atoms with van der Waals surface area (Å²) in [6, 6.07) is 5.43. The Bertz CT molecular complexity index is 899. The number of aliphatic imine (C=N–C) groups is 1. The highest BCUT2D eigenvalue weighted by molar-refractivity contribution is 6.02. The monoisotopic (exact) mass is 514 g/mol. The van der Waals surface area contributed by atoms with Crippen molar-refractivity contribution in [1.29, 1.82) is 0 Å². The molecule has 1 unspecified atom stereocenters. The molecule has 208 valence electrons. The van der Waals surface area contributed by atoms with E-state index in [-0.39, 0.29) is 11.9 Å². The zero-order valence-corrected chi connectivity index (χ0v) is 23.9. The summed E-state index contributed by atoms with van der Waals surface area (Å²) in [7, 11) is 0. The topological polar surface area (TPSA) is 54.1 Å². The van der Waals surface area contributed by atoms with E-state index in [0.29, 0.717) is 6.10 Å². The first-order chi connectivity index (χ1) is 17.9. The minimum atomic E-state index is -0.108. The van der Waals surface area contributed by atoms with E-state index in [2.05, 4.69) is 36.6 Å². The predicted octanol–water partition coefficient (Wildman–Crippen LogP) is 6.64. The van der Waals surface area contributed by atoms with E-state index in [1.165, 1.54) is 37.0 Å². The molecule has 37 heavy (non-hydrogen) atoms. The van der Waals surface area contributed by atoms with E-state index >= 15 is 0 Å². The van der Waals surface area contributed by atoms with Gasteiger partial charge in [-0.15, -0.1) is 0 Å². The highest BCUT2D eigenvalue weighted by atomic mass is 19.1. The van der Waals surface area contributed by atoms with Gasteiger partial charge in [-0.2, -0.15) is 0 Å². The number of hydrogen-bond acceptors (Lipinski definition) is 5. The number of hydrogen-bond donors (Lipinski definition) is 1. The predicted molar refractivity (Wildman–Crippen MR) is 155 cm³/mol. The lowest BCUT2D eigenvalue weighted by Gasteiger charge is -2.36. The average Bonchev–Trinajstić information content (AvgIpc) is 3.35. The molecule has 1 saturated heterocycles. The van der Waals surface area contributed by atoms with E-state index in [9.17, 15) is 4.39 Å². The van der Waals surface area contributed by atoms with Crippen molar-refractivity contribution >= 4 is 11.4 Å². The molecule has 0 aromatic heterocycles. The number of nitrogens with two attached hydrogens (primary N) is 1. The summed E-state index contributed by atoms with van der Waals surface area (Å²) in [4.78, 5) is 9.79. The van der Waals surface area contributed by atoms with Crippen molar-refractivity contribution in [3.63, 3.8) is 0 Å². The smallest absolute Gasteiger partial charge is 0.128 e. The van der Waals surface area contributed by atoms with Gasteiger partial charge in [-0.25, -0.2) is 4.39 Å². The van der Waals surface area contributed by atoms with Crippen LogP contribution >= 0.6 is 0 Å². The molecule has 2 aliphatic rings. The molecule has 0 radical (unpaired) electrons. The number of halogens is 1. The van der Waals surface area contributed by atoms with E-state index in [0.717, 1.165) is 94.7 Å². The summed E-state index contributed by atoms with van der Waals surface area (Å²) in [6.45, 7) is 14.1. The van der Waals surface area contributed by atoms with Crippen LogP contribution < -0.4 is 10.6 Å². The maximum Gasteiger partial charge on any atom is 0.128 e. The van der Waals surface area contributed by atoms with Crippen LogP contribution in [-0.2, 0) is 4.74 Å². The zero-order chi connectivity index (χ0) is 26.6. The molecule has 5 nitrogen and oxygen atoms in total. The molecule has 6 heteroatoms. The summed E-state index contributed by atoms with van der Waals surface area (Å²) in [5.41, 5.74) is 12.0. The Hall–Kier alpha value is -1.92. The Kier molecular flexibility index (Phi) is 12.4. The van der Waals surface area contributed by atoms with Gasteiger partial charge in [0.25, 0.3) is 0 Å². The van der Waals surface area contributed by atoms with Gasteiger partial charge >= 0.3 is 0 Å². The van der Waals surface area contributed by atoms with Crippen molar-refractivity contribution in [3.8, 4) is 0 Å². The summed E-state index contributed by atoms with van der Waals surface area (Å²) >= 11 is 0. The van der Waals surface area contributed by atoms with Crippen LogP contribution in [0.1, 0.15) is 90.5 Å². The largest absolute Gasteiger partial charge is 0.401 e. The van der Waals surface area contributed by atoms with E-state index in [4.69, 9.17) is 15.5 Å². The molecule has 1 aromatic carbocycles. The van der Waals surface area contributed by atoms with Crippen LogP contribution in [0.15, 0.2) is 34.5 Å². The van der Waals surface area contributed by atoms with Crippen molar-refractivity contribution in [2.24, 2.45) is 10.7 Å². The van der Waals surface area contributed by atoms with E-state index < -0.39 is 0 Å². The standard InChI is InChI=1S/C31H51FN4O/c1-5-19-36(31-17-13-15-28(32)25(31)4)20-11-9-7-8-10-18-34-30-16-12-14-27(30)29(33)23-35-21-24(3)37-26(6-2)22-35/h13,15,17,24,26H,5-12,14,16,18-23,33H2,1-4H3/b29-27-,34-30?/t24-,26?/m1/s1. The van der Waals surface area contributed by atoms with Gasteiger partial charge in [0, 0.05) is 61.9 Å². The number of rotatable bonds is 14. The highest BCUT2D eigenvalue weighted by Crippen LogP contribution is 2.26. The average molecular weight is 515 g/mol. The minimum Gasteiger partial charge on any atom is -0.401 e. The molecule has 0 bridgehead atoms. The van der Waals surface area contributed by atoms with Gasteiger partial charge in [0.1, 0.15) is 5.82 Å². The number of benzene rings is 1. The molecule has 1 heterocycles. The maximum atomic E-state index is 14.0. The number of nitrogens with zero attached hydrogens (tertiary/aromatic N) is 3. The van der Waals surface area contributed by atoms with Crippen molar-refractivity contribution < 1.29 is 9.13 Å². The first-order valence-corrected chi connectivity index (χ1v) is 14.8. The third-order valence-corrected chi connectivity index (χ3v) is 7.79. The van der Waals surface area contributed by atoms with Crippen molar-refractivity contribution in [3.05, 3.63) is 40.8 Å². The van der Waals surface area contributed by atoms with Crippen LogP contribution in [0.5, 0.6) is 0 Å². The van der Waals surface area contributed by atoms with E-state index in [1.54, 1.807) is 6.07 Å². The fourth-order valence-electron chi connectivity index (χ4n) is 5.80. The lowest BCUT2D eigenvalue weighted by molar-refractivity contribution is -0.0752. The second-order valence-corrected chi connectivity index (χ2v) is 11.0. The van der Waals surface area contributed by atoms with Crippen LogP contribution in [0.3, 0.4) is 0 Å². The van der Waals surface area contributed by atoms with Crippen LogP contribution in [0.25, 0.3) is 0 Å². The van der Waals surface area contributed by atoms with Crippen LogP contribution in [0, 0.1) is 12.7 Å². The Morgan fingerprint density at radius 2 is 1.89 bits per heavy atom. The molecule has 1 aliphatic carbocycles. The van der Waals surface area contributed by atoms with Crippen molar-refractivity contribution in [2.75, 3.05) is 44.2 Å². The Labute approximate surface area is 225 Å². The van der Waals surface area contributed by atoms with Crippen molar-refractivity contribution in [2.45, 2.75) is 104 Å². The SMILES string of the molecule is CCCN(CCCCCCCN=C1CCC/C1=C(/N)CN1CC(CC)O[C@H](C)C1)c1cccc(F)c1C. The fraction of sp³-hybridized carbons (Fsp3) is 0.710. The summed E-state index contributed by atoms with van der Waals surface area (Å²) in [6.07, 6.45) is 12.0. The Morgan fingerprint density at radius 3 is 2.68 bits per heavy atom. The highest BCUT2D eigenvalue weighted by Gasteiger charge is 2.26. The van der Waals surface area contributed by atoms with E-state index in [1.807, 2.05) is 13.0 Å². The second-order valence-electron chi connectivity index (χ2n) is 11.0. The van der Waals surface area contributed by atoms with Crippen LogP contribution in [-0.4, -0.2) is 62.1 Å². The van der Waals surface area contributed by atoms with Gasteiger partial charge < -0.3 is 15.4 Å². The van der Waals surface area contributed by atoms with Gasteiger partial charge in [0.15, 0.2) is 0 Å². The Morgan fingerprint density at radius 1 is 1.11 bits per heavy atom. The lowest BCUT2D eigenvalue weighted by Crippen LogP contribution is -2.47. The molecule has 0 amide bonds. The Balaban J connectivity index is 1.38. The molecular formula is C31H51FN4O. The molecule has 2 N–H and O–H groups in total. The van der Waals surface area contributed by atoms with Crippen molar-refractivity contribution in [1.82, 2.24) is 4.90 Å². The summed E-state index contributed by atoms with van der Waals surface area (Å²) in [5, 5.41) is 0. The first kappa shape index (κ1) is 29.6. The molecule has 1 saturated carbocycles. The fourth-order valence-corrected chi connectivity index (χ4v) is 5.80. The number of allylic oxidation sites excluding steroid dienone is 1. The van der Waals surface area contributed by atoms with Crippen LogP contribution in [0.4, 0.5) is 10.1 Å². The second kappa shape index (κ2) is 15.5. The molecule has 2 fully saturated rings. The number of morpholine rings is 1. The molecule has 0 spiro atoms. The van der Waals surface area contributed by atoms with Gasteiger partial charge in [0.2, 0.25) is 0 Å².